The third-order valence-corrected chi connectivity index (χ3v) is 9.72. The number of pyridine rings is 1. The molecule has 0 aliphatic carbocycles. The van der Waals surface area contributed by atoms with Crippen LogP contribution in [-0.2, 0) is 20.7 Å². The summed E-state index contributed by atoms with van der Waals surface area (Å²) < 4.78 is 16.9. The molecule has 0 unspecified atom stereocenters. The Hall–Kier alpha value is -4.78. The number of carbonyl (C=O) groups is 3. The van der Waals surface area contributed by atoms with E-state index in [4.69, 9.17) is 25.8 Å². The minimum atomic E-state index is -1.09. The number of benzene rings is 3. The maximum atomic E-state index is 14.3. The smallest absolute Gasteiger partial charge is 0.407 e. The number of amides is 3. The molecule has 1 aromatic heterocycles. The van der Waals surface area contributed by atoms with Gasteiger partial charge in [-0.25, -0.2) is 14.6 Å². The van der Waals surface area contributed by atoms with Crippen molar-refractivity contribution < 1.29 is 33.7 Å². The minimum Gasteiger partial charge on any atom is -0.480 e. The number of alkyl carbamates (subject to hydrolysis) is 1. The van der Waals surface area contributed by atoms with E-state index in [2.05, 4.69) is 15.6 Å². The topological polar surface area (TPSA) is 139 Å². The summed E-state index contributed by atoms with van der Waals surface area (Å²) in [6, 6.07) is 27.0. The number of carbonyl (C=O) groups excluding carboxylic acids is 2. The maximum Gasteiger partial charge on any atom is 0.407 e. The molecular weight excluding hydrogens is 680 g/mol. The number of rotatable bonds is 13. The highest BCUT2D eigenvalue weighted by Crippen LogP contribution is 2.33. The number of aryl methyl sites for hydroxylation is 1. The third kappa shape index (κ3) is 9.68. The van der Waals surface area contributed by atoms with Gasteiger partial charge in [0.2, 0.25) is 11.8 Å². The zero-order valence-corrected chi connectivity index (χ0v) is 29.2. The number of anilines is 1. The molecule has 11 nitrogen and oxygen atoms in total. The van der Waals surface area contributed by atoms with Crippen LogP contribution < -0.4 is 15.4 Å². The Morgan fingerprint density at radius 2 is 1.60 bits per heavy atom. The second kappa shape index (κ2) is 17.7. The molecule has 13 heteroatoms. The van der Waals surface area contributed by atoms with Crippen LogP contribution in [0.2, 0.25) is 5.02 Å². The van der Waals surface area contributed by atoms with Gasteiger partial charge in [0.15, 0.2) is 0 Å². The fourth-order valence-electron chi connectivity index (χ4n) is 5.93. The Labute approximate surface area is 300 Å². The van der Waals surface area contributed by atoms with Gasteiger partial charge in [0.05, 0.1) is 39.5 Å². The van der Waals surface area contributed by atoms with E-state index in [9.17, 15) is 19.5 Å². The van der Waals surface area contributed by atoms with Gasteiger partial charge in [-0.2, -0.15) is 0 Å². The Morgan fingerprint density at radius 3 is 2.20 bits per heavy atom. The third-order valence-electron chi connectivity index (χ3n) is 8.32. The predicted octanol–water partition coefficient (Wildman–Crippen LogP) is 6.71. The van der Waals surface area contributed by atoms with Gasteiger partial charge in [-0.3, -0.25) is 4.79 Å². The van der Waals surface area contributed by atoms with Crippen molar-refractivity contribution in [3.8, 4) is 5.88 Å². The standard InChI is InChI=1S/C37H39ClN4O7S/c1-47-35-32(40-34(43)33(41-36(44)48-2)31(24-9-5-3-6-10-24)25-11-7-4-8-12-25)26(19-20-39-35)13-16-28-21-42(37(45)46)22-29(49-28)23-50-30-17-14-27(38)15-18-30/h3-12,14-15,17-20,28-29,31,33H,13,16,21-23H2,1-2H3,(H,40,43)(H,41,44)(H,45,46)/t28-,29+,33+/m1/s1. The first kappa shape index (κ1) is 36.5. The lowest BCUT2D eigenvalue weighted by Gasteiger charge is -2.36. The molecular formula is C37H39ClN4O7S. The van der Waals surface area contributed by atoms with Crippen molar-refractivity contribution in [1.29, 1.82) is 0 Å². The monoisotopic (exact) mass is 718 g/mol. The fourth-order valence-corrected chi connectivity index (χ4v) is 6.95. The molecule has 0 bridgehead atoms. The first-order valence-electron chi connectivity index (χ1n) is 16.0. The number of morpholine rings is 1. The predicted molar refractivity (Wildman–Crippen MR) is 192 cm³/mol. The minimum absolute atomic E-state index is 0.192. The van der Waals surface area contributed by atoms with Gasteiger partial charge < -0.3 is 34.9 Å². The van der Waals surface area contributed by atoms with Crippen LogP contribution >= 0.6 is 23.4 Å². The summed E-state index contributed by atoms with van der Waals surface area (Å²) in [5.74, 6) is -0.323. The summed E-state index contributed by atoms with van der Waals surface area (Å²) in [4.78, 5) is 45.7. The van der Waals surface area contributed by atoms with Gasteiger partial charge in [-0.05, 0) is 59.9 Å². The van der Waals surface area contributed by atoms with Crippen molar-refractivity contribution in [2.45, 2.75) is 41.9 Å². The van der Waals surface area contributed by atoms with E-state index >= 15 is 0 Å². The van der Waals surface area contributed by atoms with E-state index in [1.807, 2.05) is 84.9 Å². The van der Waals surface area contributed by atoms with Crippen LogP contribution in [0.5, 0.6) is 5.88 Å². The summed E-state index contributed by atoms with van der Waals surface area (Å²) >= 11 is 7.59. The molecule has 5 rings (SSSR count). The van der Waals surface area contributed by atoms with E-state index in [0.717, 1.165) is 16.0 Å². The van der Waals surface area contributed by atoms with Crippen LogP contribution in [0.4, 0.5) is 15.3 Å². The molecule has 1 aliphatic rings. The second-order valence-electron chi connectivity index (χ2n) is 11.6. The Morgan fingerprint density at radius 1 is 0.960 bits per heavy atom. The van der Waals surface area contributed by atoms with Gasteiger partial charge in [0, 0.05) is 27.8 Å². The molecule has 3 atom stereocenters. The molecule has 0 saturated carbocycles. The molecule has 0 radical (unpaired) electrons. The quantitative estimate of drug-likeness (QED) is 0.129. The van der Waals surface area contributed by atoms with Crippen molar-refractivity contribution in [1.82, 2.24) is 15.2 Å². The first-order valence-corrected chi connectivity index (χ1v) is 17.4. The van der Waals surface area contributed by atoms with Crippen molar-refractivity contribution >= 4 is 47.1 Å². The molecule has 1 saturated heterocycles. The molecule has 262 valence electrons. The number of aromatic nitrogens is 1. The summed E-state index contributed by atoms with van der Waals surface area (Å²) in [6.45, 7) is 0.470. The molecule has 4 aromatic rings. The normalized spacial score (nSPS) is 16.4. The van der Waals surface area contributed by atoms with Crippen molar-refractivity contribution in [3.63, 3.8) is 0 Å². The summed E-state index contributed by atoms with van der Waals surface area (Å²) in [5.41, 5.74) is 2.68. The van der Waals surface area contributed by atoms with Crippen molar-refractivity contribution in [2.75, 3.05) is 38.4 Å². The number of carboxylic acid groups (broad SMARTS) is 1. The molecule has 3 amide bonds. The number of hydrogen-bond acceptors (Lipinski definition) is 8. The molecule has 3 aromatic carbocycles. The fraction of sp³-hybridized carbons (Fsp3) is 0.297. The summed E-state index contributed by atoms with van der Waals surface area (Å²) in [7, 11) is 2.70. The van der Waals surface area contributed by atoms with Gasteiger partial charge in [0.25, 0.3) is 0 Å². The zero-order valence-electron chi connectivity index (χ0n) is 27.7. The van der Waals surface area contributed by atoms with Gasteiger partial charge in [0.1, 0.15) is 11.7 Å². The summed E-state index contributed by atoms with van der Waals surface area (Å²) in [6.07, 6.45) is -0.0262. The van der Waals surface area contributed by atoms with Crippen LogP contribution in [0.25, 0.3) is 0 Å². The Bertz CT molecular complexity index is 1690. The second-order valence-corrected chi connectivity index (χ2v) is 13.2. The first-order chi connectivity index (χ1) is 24.2. The van der Waals surface area contributed by atoms with Gasteiger partial charge in [-0.1, -0.05) is 72.3 Å². The van der Waals surface area contributed by atoms with Crippen LogP contribution in [0, 0.1) is 0 Å². The van der Waals surface area contributed by atoms with Crippen LogP contribution in [-0.4, -0.2) is 84.4 Å². The Balaban J connectivity index is 1.36. The van der Waals surface area contributed by atoms with Crippen LogP contribution in [0.15, 0.2) is 102 Å². The largest absolute Gasteiger partial charge is 0.480 e. The number of thioether (sulfide) groups is 1. The summed E-state index contributed by atoms with van der Waals surface area (Å²) in [5, 5.41) is 16.2. The molecule has 50 heavy (non-hydrogen) atoms. The van der Waals surface area contributed by atoms with Gasteiger partial charge in [-0.15, -0.1) is 11.8 Å². The zero-order chi connectivity index (χ0) is 35.5. The average Bonchev–Trinajstić information content (AvgIpc) is 3.14. The lowest BCUT2D eigenvalue weighted by Crippen LogP contribution is -2.50. The SMILES string of the molecule is COC(=O)N[C@H](C(=O)Nc1c(CC[C@@H]2CN(C(=O)O)C[C@@H](CSc3ccc(Cl)cc3)O2)ccnc1OC)C(c1ccccc1)c1ccccc1. The van der Waals surface area contributed by atoms with Crippen molar-refractivity contribution in [3.05, 3.63) is 119 Å². The van der Waals surface area contributed by atoms with E-state index < -0.39 is 36.2 Å². The lowest BCUT2D eigenvalue weighted by atomic mass is 9.84. The molecule has 1 fully saturated rings. The maximum absolute atomic E-state index is 14.3. The number of nitrogens with zero attached hydrogens (tertiary/aromatic N) is 2. The molecule has 3 N–H and O–H groups in total. The molecule has 2 heterocycles. The molecule has 1 aliphatic heterocycles. The number of ether oxygens (including phenoxy) is 3. The highest BCUT2D eigenvalue weighted by atomic mass is 35.5. The van der Waals surface area contributed by atoms with Crippen LogP contribution in [0.1, 0.15) is 29.0 Å². The van der Waals surface area contributed by atoms with Crippen LogP contribution in [0.3, 0.4) is 0 Å². The average molecular weight is 719 g/mol. The van der Waals surface area contributed by atoms with Crippen molar-refractivity contribution in [2.24, 2.45) is 0 Å². The highest BCUT2D eigenvalue weighted by molar-refractivity contribution is 7.99. The number of hydrogen-bond donors (Lipinski definition) is 3. The lowest BCUT2D eigenvalue weighted by molar-refractivity contribution is -0.118. The Kier molecular flexibility index (Phi) is 13.0. The highest BCUT2D eigenvalue weighted by Gasteiger charge is 2.35. The number of nitrogens with one attached hydrogen (secondary N) is 2. The number of halogens is 1. The number of methoxy groups -OCH3 is 2. The van der Waals surface area contributed by atoms with E-state index in [1.54, 1.807) is 24.0 Å². The van der Waals surface area contributed by atoms with Gasteiger partial charge >= 0.3 is 12.2 Å². The molecule has 0 spiro atoms. The van der Waals surface area contributed by atoms with E-state index in [1.165, 1.54) is 19.1 Å². The van der Waals surface area contributed by atoms with E-state index in [0.29, 0.717) is 34.9 Å². The van der Waals surface area contributed by atoms with E-state index in [-0.39, 0.29) is 25.1 Å².